The molecule has 1 rings (SSSR count). The van der Waals surface area contributed by atoms with E-state index in [1.807, 2.05) is 0 Å². The van der Waals surface area contributed by atoms with Gasteiger partial charge in [-0.05, 0) is 12.8 Å². The van der Waals surface area contributed by atoms with Gasteiger partial charge in [-0.15, -0.1) is 0 Å². The maximum atomic E-state index is 6.01. The lowest BCUT2D eigenvalue weighted by Crippen LogP contribution is -2.00. The normalized spacial score (nSPS) is 10.6. The van der Waals surface area contributed by atoms with Gasteiger partial charge in [-0.1, -0.05) is 43.5 Å². The number of nitrogens with zero attached hydrogens (tertiary/aromatic N) is 2. The van der Waals surface area contributed by atoms with Gasteiger partial charge in [-0.3, -0.25) is 0 Å². The van der Waals surface area contributed by atoms with E-state index in [2.05, 4.69) is 23.8 Å². The van der Waals surface area contributed by atoms with E-state index in [4.69, 9.17) is 23.2 Å². The first kappa shape index (κ1) is 11.7. The lowest BCUT2D eigenvalue weighted by Gasteiger charge is -2.06. The third-order valence-corrected chi connectivity index (χ3v) is 2.55. The summed E-state index contributed by atoms with van der Waals surface area (Å²) in [5, 5.41) is 1.02. The Balaban J connectivity index is 2.98. The Morgan fingerprint density at radius 2 is 1.43 bits per heavy atom. The predicted molar refractivity (Wildman–Crippen MR) is 60.0 cm³/mol. The van der Waals surface area contributed by atoms with E-state index >= 15 is 0 Å². The van der Waals surface area contributed by atoms with Gasteiger partial charge in [0.2, 0.25) is 0 Å². The zero-order valence-corrected chi connectivity index (χ0v) is 9.99. The predicted octanol–water partition coefficient (Wildman–Crippen LogP) is 3.69. The molecule has 2 nitrogen and oxygen atoms in total. The van der Waals surface area contributed by atoms with Gasteiger partial charge in [-0.2, -0.15) is 0 Å². The van der Waals surface area contributed by atoms with Gasteiger partial charge in [0.05, 0.1) is 0 Å². The van der Waals surface area contributed by atoms with Crippen LogP contribution in [0.4, 0.5) is 0 Å². The summed E-state index contributed by atoms with van der Waals surface area (Å²) in [5.74, 6) is 0.738. The van der Waals surface area contributed by atoms with Crippen LogP contribution in [0, 0.1) is 0 Å². The highest BCUT2D eigenvalue weighted by molar-refractivity contribution is 6.34. The topological polar surface area (TPSA) is 25.8 Å². The molecule has 4 heteroatoms. The first-order valence-corrected chi connectivity index (χ1v) is 5.65. The summed E-state index contributed by atoms with van der Waals surface area (Å²) in [7, 11) is 0. The number of aryl methyl sites for hydroxylation is 1. The highest BCUT2D eigenvalue weighted by Crippen LogP contribution is 2.22. The Morgan fingerprint density at radius 3 is 1.86 bits per heavy atom. The molecule has 0 aromatic carbocycles. The SMILES string of the molecule is CCCc1nc(Cl)c(CCC)c(Cl)n1. The smallest absolute Gasteiger partial charge is 0.137 e. The molecule has 0 amide bonds. The van der Waals surface area contributed by atoms with Gasteiger partial charge < -0.3 is 0 Å². The van der Waals surface area contributed by atoms with E-state index in [-0.39, 0.29) is 0 Å². The second kappa shape index (κ2) is 5.52. The second-order valence-electron chi connectivity index (χ2n) is 3.20. The van der Waals surface area contributed by atoms with Crippen LogP contribution in [0.1, 0.15) is 38.1 Å². The van der Waals surface area contributed by atoms with Crippen LogP contribution in [0.25, 0.3) is 0 Å². The number of hydrogen-bond donors (Lipinski definition) is 0. The van der Waals surface area contributed by atoms with Crippen molar-refractivity contribution in [3.63, 3.8) is 0 Å². The van der Waals surface area contributed by atoms with Crippen LogP contribution < -0.4 is 0 Å². The van der Waals surface area contributed by atoms with Crippen LogP contribution in [0.5, 0.6) is 0 Å². The molecule has 0 atom stereocenters. The molecule has 0 bridgehead atoms. The molecular formula is C10H14Cl2N2. The van der Waals surface area contributed by atoms with E-state index in [0.717, 1.165) is 37.1 Å². The van der Waals surface area contributed by atoms with Crippen molar-refractivity contribution in [1.29, 1.82) is 0 Å². The van der Waals surface area contributed by atoms with Gasteiger partial charge in [0.15, 0.2) is 0 Å². The lowest BCUT2D eigenvalue weighted by atomic mass is 10.2. The average molecular weight is 233 g/mol. The fourth-order valence-electron chi connectivity index (χ4n) is 1.26. The first-order chi connectivity index (χ1) is 6.69. The molecule has 0 aliphatic rings. The minimum Gasteiger partial charge on any atom is -0.221 e. The van der Waals surface area contributed by atoms with Gasteiger partial charge in [0.1, 0.15) is 16.1 Å². The Hall–Kier alpha value is -0.340. The van der Waals surface area contributed by atoms with Crippen molar-refractivity contribution < 1.29 is 0 Å². The molecular weight excluding hydrogens is 219 g/mol. The molecule has 0 radical (unpaired) electrons. The highest BCUT2D eigenvalue weighted by atomic mass is 35.5. The van der Waals surface area contributed by atoms with Crippen molar-refractivity contribution >= 4 is 23.2 Å². The van der Waals surface area contributed by atoms with Crippen molar-refractivity contribution in [2.45, 2.75) is 39.5 Å². The fourth-order valence-corrected chi connectivity index (χ4v) is 1.87. The molecule has 0 aliphatic carbocycles. The fraction of sp³-hybridized carbons (Fsp3) is 0.600. The van der Waals surface area contributed by atoms with E-state index in [1.54, 1.807) is 0 Å². The standard InChI is InChI=1S/C10H14Cl2N2/c1-3-5-7-9(11)13-8(6-4-2)14-10(7)12/h3-6H2,1-2H3. The summed E-state index contributed by atoms with van der Waals surface area (Å²) < 4.78 is 0. The Morgan fingerprint density at radius 1 is 0.929 bits per heavy atom. The van der Waals surface area contributed by atoms with Crippen LogP contribution in [0.3, 0.4) is 0 Å². The maximum absolute atomic E-state index is 6.01. The first-order valence-electron chi connectivity index (χ1n) is 4.89. The molecule has 0 unspecified atom stereocenters. The second-order valence-corrected chi connectivity index (χ2v) is 3.92. The molecule has 0 N–H and O–H groups in total. The number of halogens is 2. The Bertz CT molecular complexity index is 290. The van der Waals surface area contributed by atoms with Crippen molar-refractivity contribution in [3.8, 4) is 0 Å². The molecule has 1 aromatic rings. The Labute approximate surface area is 94.7 Å². The molecule has 0 aliphatic heterocycles. The van der Waals surface area contributed by atoms with E-state index in [9.17, 15) is 0 Å². The molecule has 78 valence electrons. The van der Waals surface area contributed by atoms with E-state index in [0.29, 0.717) is 10.3 Å². The average Bonchev–Trinajstić information content (AvgIpc) is 2.12. The Kier molecular flexibility index (Phi) is 4.63. The van der Waals surface area contributed by atoms with Crippen LogP contribution in [-0.4, -0.2) is 9.97 Å². The summed E-state index contributed by atoms with van der Waals surface area (Å²) in [4.78, 5) is 8.42. The lowest BCUT2D eigenvalue weighted by molar-refractivity contribution is 0.816. The summed E-state index contributed by atoms with van der Waals surface area (Å²) in [6, 6.07) is 0. The van der Waals surface area contributed by atoms with Crippen LogP contribution in [0.2, 0.25) is 10.3 Å². The third-order valence-electron chi connectivity index (χ3n) is 1.93. The van der Waals surface area contributed by atoms with Gasteiger partial charge in [0.25, 0.3) is 0 Å². The molecule has 0 saturated carbocycles. The summed E-state index contributed by atoms with van der Waals surface area (Å²) >= 11 is 12.0. The number of hydrogen-bond acceptors (Lipinski definition) is 2. The molecule has 1 aromatic heterocycles. The molecule has 0 saturated heterocycles. The largest absolute Gasteiger partial charge is 0.221 e. The van der Waals surface area contributed by atoms with Crippen molar-refractivity contribution in [1.82, 2.24) is 9.97 Å². The zero-order valence-electron chi connectivity index (χ0n) is 8.48. The molecule has 1 heterocycles. The molecule has 14 heavy (non-hydrogen) atoms. The van der Waals surface area contributed by atoms with Crippen molar-refractivity contribution in [2.75, 3.05) is 0 Å². The van der Waals surface area contributed by atoms with Crippen molar-refractivity contribution in [3.05, 3.63) is 21.7 Å². The van der Waals surface area contributed by atoms with E-state index < -0.39 is 0 Å². The number of aromatic nitrogens is 2. The van der Waals surface area contributed by atoms with Gasteiger partial charge >= 0.3 is 0 Å². The van der Waals surface area contributed by atoms with Crippen molar-refractivity contribution in [2.24, 2.45) is 0 Å². The number of rotatable bonds is 4. The summed E-state index contributed by atoms with van der Waals surface area (Å²) in [5.41, 5.74) is 0.871. The summed E-state index contributed by atoms with van der Waals surface area (Å²) in [6.07, 6.45) is 3.66. The molecule has 0 spiro atoms. The maximum Gasteiger partial charge on any atom is 0.137 e. The van der Waals surface area contributed by atoms with Crippen LogP contribution in [-0.2, 0) is 12.8 Å². The van der Waals surface area contributed by atoms with Crippen LogP contribution in [0.15, 0.2) is 0 Å². The molecule has 0 fully saturated rings. The third kappa shape index (κ3) is 2.82. The summed E-state index contributed by atoms with van der Waals surface area (Å²) in [6.45, 7) is 4.15. The zero-order chi connectivity index (χ0) is 10.6. The highest BCUT2D eigenvalue weighted by Gasteiger charge is 2.09. The monoisotopic (exact) mass is 232 g/mol. The van der Waals surface area contributed by atoms with E-state index in [1.165, 1.54) is 0 Å². The minimum absolute atomic E-state index is 0.510. The van der Waals surface area contributed by atoms with Crippen LogP contribution >= 0.6 is 23.2 Å². The van der Waals surface area contributed by atoms with Gasteiger partial charge in [0, 0.05) is 12.0 Å². The minimum atomic E-state index is 0.510. The van der Waals surface area contributed by atoms with Gasteiger partial charge in [-0.25, -0.2) is 9.97 Å². The quantitative estimate of drug-likeness (QED) is 0.741.